The maximum Gasteiger partial charge on any atom is 0.340 e. The number of nitrogens with two attached hydrogens (primary N) is 1. The Kier molecular flexibility index (Phi) is 4.98. The molecule has 0 unspecified atom stereocenters. The van der Waals surface area contributed by atoms with Crippen molar-refractivity contribution in [1.29, 1.82) is 0 Å². The van der Waals surface area contributed by atoms with E-state index in [1.54, 1.807) is 0 Å². The van der Waals surface area contributed by atoms with E-state index in [9.17, 15) is 14.3 Å². The molecule has 0 amide bonds. The van der Waals surface area contributed by atoms with Crippen molar-refractivity contribution in [3.63, 3.8) is 0 Å². The van der Waals surface area contributed by atoms with Gasteiger partial charge in [0.25, 0.3) is 0 Å². The van der Waals surface area contributed by atoms with Crippen molar-refractivity contribution < 1.29 is 19.4 Å². The van der Waals surface area contributed by atoms with E-state index in [0.29, 0.717) is 25.3 Å². The maximum atomic E-state index is 13.5. The normalized spacial score (nSPS) is 16.8. The molecule has 0 aliphatic carbocycles. The number of aliphatic hydroxyl groups excluding tert-OH is 1. The van der Waals surface area contributed by atoms with Gasteiger partial charge in [-0.1, -0.05) is 0 Å². The number of β-amino-alcohol motifs (C(OH)–C–C–N with tert-alkyl or cyclic N) is 1. The molecule has 0 atom stereocenters. The second kappa shape index (κ2) is 6.73. The minimum absolute atomic E-state index is 0.101. The highest BCUT2D eigenvalue weighted by molar-refractivity contribution is 6.00. The summed E-state index contributed by atoms with van der Waals surface area (Å²) in [6.45, 7) is 3.56. The monoisotopic (exact) mass is 297 g/mol. The first-order chi connectivity index (χ1) is 10.0. The van der Waals surface area contributed by atoms with E-state index in [1.807, 2.05) is 4.90 Å². The fraction of sp³-hybridized carbons (Fsp3) is 0.500. The Morgan fingerprint density at radius 2 is 2.05 bits per heavy atom. The number of halogens is 1. The summed E-state index contributed by atoms with van der Waals surface area (Å²) in [5, 5.41) is 18.3. The molecule has 1 aromatic carbocycles. The lowest BCUT2D eigenvalue weighted by molar-refractivity contribution is 0.0698. The van der Waals surface area contributed by atoms with Crippen LogP contribution in [0.5, 0.6) is 0 Å². The summed E-state index contributed by atoms with van der Waals surface area (Å²) < 4.78 is 13.5. The zero-order valence-corrected chi connectivity index (χ0v) is 11.8. The van der Waals surface area contributed by atoms with Gasteiger partial charge in [0.2, 0.25) is 0 Å². The van der Waals surface area contributed by atoms with E-state index in [1.165, 1.54) is 12.1 Å². The van der Waals surface area contributed by atoms with Crippen LogP contribution in [-0.4, -0.2) is 60.4 Å². The highest BCUT2D eigenvalue weighted by atomic mass is 19.1. The SMILES string of the molecule is Nc1c(F)ccc(N2CCCN(CCO)CC2)c1C(=O)O. The Morgan fingerprint density at radius 1 is 1.29 bits per heavy atom. The maximum absolute atomic E-state index is 13.5. The van der Waals surface area contributed by atoms with Gasteiger partial charge in [-0.15, -0.1) is 0 Å². The van der Waals surface area contributed by atoms with Crippen LogP contribution in [0.3, 0.4) is 0 Å². The van der Waals surface area contributed by atoms with Crippen LogP contribution in [0.2, 0.25) is 0 Å². The smallest absolute Gasteiger partial charge is 0.340 e. The zero-order chi connectivity index (χ0) is 15.4. The summed E-state index contributed by atoms with van der Waals surface area (Å²) in [5.74, 6) is -1.94. The Labute approximate surface area is 122 Å². The number of rotatable bonds is 4. The summed E-state index contributed by atoms with van der Waals surface area (Å²) in [6.07, 6.45) is 0.844. The number of anilines is 2. The van der Waals surface area contributed by atoms with E-state index >= 15 is 0 Å². The van der Waals surface area contributed by atoms with Gasteiger partial charge in [0.1, 0.15) is 11.4 Å². The number of benzene rings is 1. The molecule has 4 N–H and O–H groups in total. The van der Waals surface area contributed by atoms with Gasteiger partial charge in [-0.2, -0.15) is 0 Å². The number of carboxylic acid groups (broad SMARTS) is 1. The van der Waals surface area contributed by atoms with Gasteiger partial charge >= 0.3 is 5.97 Å². The zero-order valence-electron chi connectivity index (χ0n) is 11.8. The average Bonchev–Trinajstić information content (AvgIpc) is 2.67. The molecule has 0 bridgehead atoms. The van der Waals surface area contributed by atoms with Crippen LogP contribution >= 0.6 is 0 Å². The number of carboxylic acids is 1. The van der Waals surface area contributed by atoms with Crippen molar-refractivity contribution in [3.8, 4) is 0 Å². The lowest BCUT2D eigenvalue weighted by Crippen LogP contribution is -2.33. The minimum Gasteiger partial charge on any atom is -0.478 e. The average molecular weight is 297 g/mol. The predicted molar refractivity (Wildman–Crippen MR) is 78.1 cm³/mol. The van der Waals surface area contributed by atoms with E-state index in [4.69, 9.17) is 10.8 Å². The van der Waals surface area contributed by atoms with Crippen LogP contribution in [0.25, 0.3) is 0 Å². The van der Waals surface area contributed by atoms with Crippen molar-refractivity contribution in [2.45, 2.75) is 6.42 Å². The van der Waals surface area contributed by atoms with Crippen LogP contribution in [0.4, 0.5) is 15.8 Å². The molecule has 2 rings (SSSR count). The molecule has 7 heteroatoms. The van der Waals surface area contributed by atoms with Crippen LogP contribution in [-0.2, 0) is 0 Å². The van der Waals surface area contributed by atoms with Crippen molar-refractivity contribution >= 4 is 17.3 Å². The summed E-state index contributed by atoms with van der Waals surface area (Å²) >= 11 is 0. The highest BCUT2D eigenvalue weighted by Crippen LogP contribution is 2.29. The van der Waals surface area contributed by atoms with Gasteiger partial charge in [-0.25, -0.2) is 9.18 Å². The molecular formula is C14H20FN3O3. The molecule has 1 saturated heterocycles. The fourth-order valence-corrected chi connectivity index (χ4v) is 2.65. The van der Waals surface area contributed by atoms with Crippen molar-refractivity contribution in [1.82, 2.24) is 4.90 Å². The second-order valence-electron chi connectivity index (χ2n) is 5.07. The van der Waals surface area contributed by atoms with Gasteiger partial charge < -0.3 is 20.8 Å². The first-order valence-corrected chi connectivity index (χ1v) is 6.94. The quantitative estimate of drug-likeness (QED) is 0.706. The van der Waals surface area contributed by atoms with E-state index in [-0.39, 0.29) is 17.9 Å². The van der Waals surface area contributed by atoms with Crippen molar-refractivity contribution in [2.24, 2.45) is 0 Å². The van der Waals surface area contributed by atoms with E-state index in [2.05, 4.69) is 4.90 Å². The molecule has 21 heavy (non-hydrogen) atoms. The van der Waals surface area contributed by atoms with Gasteiger partial charge in [0.15, 0.2) is 0 Å². The predicted octanol–water partition coefficient (Wildman–Crippen LogP) is 0.611. The number of aliphatic hydroxyl groups is 1. The molecule has 1 heterocycles. The number of nitrogen functional groups attached to an aromatic ring is 1. The molecule has 116 valence electrons. The first kappa shape index (κ1) is 15.5. The second-order valence-corrected chi connectivity index (χ2v) is 5.07. The van der Waals surface area contributed by atoms with Gasteiger partial charge in [0, 0.05) is 26.2 Å². The first-order valence-electron chi connectivity index (χ1n) is 6.94. The largest absolute Gasteiger partial charge is 0.478 e. The number of hydrogen-bond donors (Lipinski definition) is 3. The Hall–Kier alpha value is -1.86. The van der Waals surface area contributed by atoms with Crippen LogP contribution in [0.1, 0.15) is 16.8 Å². The molecule has 0 saturated carbocycles. The summed E-state index contributed by atoms with van der Waals surface area (Å²) in [6, 6.07) is 2.67. The van der Waals surface area contributed by atoms with Crippen molar-refractivity contribution in [3.05, 3.63) is 23.5 Å². The molecule has 1 fully saturated rings. The molecule has 1 aromatic rings. The summed E-state index contributed by atoms with van der Waals surface area (Å²) in [5.41, 5.74) is 5.53. The molecule has 0 aromatic heterocycles. The highest BCUT2D eigenvalue weighted by Gasteiger charge is 2.23. The Bertz CT molecular complexity index is 524. The lowest BCUT2D eigenvalue weighted by atomic mass is 10.1. The number of aromatic carboxylic acids is 1. The molecule has 6 nitrogen and oxygen atoms in total. The summed E-state index contributed by atoms with van der Waals surface area (Å²) in [4.78, 5) is 15.4. The Morgan fingerprint density at radius 3 is 2.71 bits per heavy atom. The number of nitrogens with zero attached hydrogens (tertiary/aromatic N) is 2. The number of hydrogen-bond acceptors (Lipinski definition) is 5. The molecule has 0 spiro atoms. The topological polar surface area (TPSA) is 90.0 Å². The van der Waals surface area contributed by atoms with Crippen LogP contribution in [0.15, 0.2) is 12.1 Å². The summed E-state index contributed by atoms with van der Waals surface area (Å²) in [7, 11) is 0. The van der Waals surface area contributed by atoms with Crippen LogP contribution in [0, 0.1) is 5.82 Å². The molecule has 0 radical (unpaired) electrons. The van der Waals surface area contributed by atoms with E-state index in [0.717, 1.165) is 19.5 Å². The third kappa shape index (κ3) is 3.43. The van der Waals surface area contributed by atoms with Crippen molar-refractivity contribution in [2.75, 3.05) is 50.0 Å². The van der Waals surface area contributed by atoms with Gasteiger partial charge in [-0.05, 0) is 25.1 Å². The minimum atomic E-state index is -1.22. The van der Waals surface area contributed by atoms with Gasteiger partial charge in [0.05, 0.1) is 18.0 Å². The molecular weight excluding hydrogens is 277 g/mol. The fourth-order valence-electron chi connectivity index (χ4n) is 2.65. The van der Waals surface area contributed by atoms with Gasteiger partial charge in [-0.3, -0.25) is 4.90 Å². The third-order valence-corrected chi connectivity index (χ3v) is 3.73. The standard InChI is InChI=1S/C14H20FN3O3/c15-10-2-3-11(12(13(10)16)14(20)21)18-5-1-4-17(6-7-18)8-9-19/h2-3,19H,1,4-9,16H2,(H,20,21). The third-order valence-electron chi connectivity index (χ3n) is 3.73. The molecule has 1 aliphatic heterocycles. The van der Waals surface area contributed by atoms with Crippen LogP contribution < -0.4 is 10.6 Å². The number of carbonyl (C=O) groups is 1. The Balaban J connectivity index is 2.26. The molecule has 1 aliphatic rings. The lowest BCUT2D eigenvalue weighted by Gasteiger charge is -2.25. The van der Waals surface area contributed by atoms with E-state index < -0.39 is 11.8 Å².